The third-order valence-electron chi connectivity index (χ3n) is 2.92. The second kappa shape index (κ2) is 6.56. The van der Waals surface area contributed by atoms with Gasteiger partial charge in [0.25, 0.3) is 5.56 Å². The Balaban J connectivity index is 2.43. The van der Waals surface area contributed by atoms with Crippen molar-refractivity contribution in [2.45, 2.75) is 6.92 Å². The Morgan fingerprint density at radius 1 is 1.22 bits per heavy atom. The number of benzene rings is 1. The van der Waals surface area contributed by atoms with E-state index >= 15 is 0 Å². The zero-order chi connectivity index (χ0) is 17.0. The lowest BCUT2D eigenvalue weighted by molar-refractivity contribution is -0.129. The molecule has 0 spiro atoms. The molecule has 0 radical (unpaired) electrons. The number of nitrogen functional groups attached to an aromatic ring is 1. The molecular weight excluding hydrogens is 300 g/mol. The highest BCUT2D eigenvalue weighted by Crippen LogP contribution is 2.12. The molecule has 8 nitrogen and oxygen atoms in total. The minimum absolute atomic E-state index is 0.301. The molecule has 0 fully saturated rings. The Morgan fingerprint density at radius 2 is 1.87 bits per heavy atom. The summed E-state index contributed by atoms with van der Waals surface area (Å²) in [6.45, 7) is 1.93. The minimum atomic E-state index is -1.33. The van der Waals surface area contributed by atoms with Gasteiger partial charge in [0.15, 0.2) is 11.5 Å². The van der Waals surface area contributed by atoms with Crippen LogP contribution in [0.3, 0.4) is 0 Å². The van der Waals surface area contributed by atoms with Crippen LogP contribution in [0.2, 0.25) is 0 Å². The average Bonchev–Trinajstić information content (AvgIpc) is 2.49. The van der Waals surface area contributed by atoms with E-state index in [1.54, 1.807) is 6.08 Å². The van der Waals surface area contributed by atoms with Gasteiger partial charge >= 0.3 is 11.7 Å². The third kappa shape index (κ3) is 4.03. The van der Waals surface area contributed by atoms with Crippen LogP contribution in [-0.2, 0) is 4.79 Å². The van der Waals surface area contributed by atoms with Gasteiger partial charge in [-0.15, -0.1) is 0 Å². The van der Waals surface area contributed by atoms with E-state index in [2.05, 4.69) is 9.98 Å². The quantitative estimate of drug-likeness (QED) is 0.618. The number of nitrogens with two attached hydrogens (primary N) is 1. The number of anilines is 1. The molecule has 0 aliphatic carbocycles. The number of hydrogen-bond donors (Lipinski definition) is 4. The monoisotopic (exact) mass is 314 g/mol. The summed E-state index contributed by atoms with van der Waals surface area (Å²) in [6, 6.07) is 7.39. The number of aryl methyl sites for hydroxylation is 1. The van der Waals surface area contributed by atoms with Crippen molar-refractivity contribution in [2.24, 2.45) is 4.99 Å². The molecule has 0 atom stereocenters. The molecule has 0 aliphatic rings. The molecule has 0 bridgehead atoms. The Morgan fingerprint density at radius 3 is 2.48 bits per heavy atom. The topological polar surface area (TPSA) is 141 Å². The minimum Gasteiger partial charge on any atom is -0.477 e. The van der Waals surface area contributed by atoms with E-state index in [1.807, 2.05) is 36.2 Å². The fourth-order valence-electron chi connectivity index (χ4n) is 1.70. The molecule has 0 saturated carbocycles. The number of carbonyl (C=O) groups is 1. The fourth-order valence-corrected chi connectivity index (χ4v) is 1.70. The number of aliphatic carboxylic acids is 1. The maximum atomic E-state index is 11.4. The van der Waals surface area contributed by atoms with Crippen molar-refractivity contribution in [3.63, 3.8) is 0 Å². The Kier molecular flexibility index (Phi) is 4.55. The summed E-state index contributed by atoms with van der Waals surface area (Å²) in [5.74, 6) is -1.63. The van der Waals surface area contributed by atoms with Crippen molar-refractivity contribution < 1.29 is 9.90 Å². The summed E-state index contributed by atoms with van der Waals surface area (Å²) in [5, 5.41) is 9.19. The van der Waals surface area contributed by atoms with Crippen molar-refractivity contribution in [1.29, 1.82) is 0 Å². The predicted octanol–water partition coefficient (Wildman–Crippen LogP) is 0.824. The molecule has 1 heterocycles. The van der Waals surface area contributed by atoms with Gasteiger partial charge in [0.05, 0.1) is 0 Å². The Labute approximate surface area is 130 Å². The molecular formula is C15H14N4O4. The number of nitrogens with zero attached hydrogens (tertiary/aromatic N) is 1. The SMILES string of the molecule is Cc1ccc(/C=C/C(=N/c2[nH]c(=O)[nH]c(=O)c2N)C(=O)O)cc1. The zero-order valence-electron chi connectivity index (χ0n) is 12.2. The molecule has 2 rings (SSSR count). The Bertz CT molecular complexity index is 904. The number of carboxylic acid groups (broad SMARTS) is 1. The summed E-state index contributed by atoms with van der Waals surface area (Å²) >= 11 is 0. The number of hydrogen-bond acceptors (Lipinski definition) is 5. The summed E-state index contributed by atoms with van der Waals surface area (Å²) in [4.78, 5) is 41.7. The van der Waals surface area contributed by atoms with Crippen LogP contribution < -0.4 is 17.0 Å². The number of aromatic nitrogens is 2. The van der Waals surface area contributed by atoms with Crippen LogP contribution in [0.25, 0.3) is 6.08 Å². The summed E-state index contributed by atoms with van der Waals surface area (Å²) in [6.07, 6.45) is 2.81. The fraction of sp³-hybridized carbons (Fsp3) is 0.0667. The smallest absolute Gasteiger partial charge is 0.354 e. The second-order valence-electron chi connectivity index (χ2n) is 4.72. The van der Waals surface area contributed by atoms with Gasteiger partial charge in [-0.1, -0.05) is 35.9 Å². The molecule has 2 aromatic rings. The molecule has 1 aromatic heterocycles. The van der Waals surface area contributed by atoms with Gasteiger partial charge in [0.2, 0.25) is 0 Å². The van der Waals surface area contributed by atoms with E-state index < -0.39 is 17.2 Å². The number of aromatic amines is 2. The van der Waals surface area contributed by atoms with Crippen LogP contribution in [0.15, 0.2) is 44.9 Å². The molecule has 5 N–H and O–H groups in total. The van der Waals surface area contributed by atoms with Gasteiger partial charge in [-0.2, -0.15) is 0 Å². The predicted molar refractivity (Wildman–Crippen MR) is 87.0 cm³/mol. The largest absolute Gasteiger partial charge is 0.477 e. The molecule has 0 amide bonds. The molecule has 1 aromatic carbocycles. The summed E-state index contributed by atoms with van der Waals surface area (Å²) < 4.78 is 0. The van der Waals surface area contributed by atoms with Gasteiger partial charge in [0, 0.05) is 0 Å². The highest BCUT2D eigenvalue weighted by atomic mass is 16.4. The van der Waals surface area contributed by atoms with Crippen LogP contribution >= 0.6 is 0 Å². The molecule has 118 valence electrons. The third-order valence-corrected chi connectivity index (χ3v) is 2.92. The molecule has 0 unspecified atom stereocenters. The van der Waals surface area contributed by atoms with Gasteiger partial charge in [0.1, 0.15) is 5.69 Å². The number of aliphatic imine (C=N–C) groups is 1. The normalized spacial score (nSPS) is 11.8. The van der Waals surface area contributed by atoms with E-state index in [4.69, 9.17) is 5.73 Å². The van der Waals surface area contributed by atoms with Crippen molar-refractivity contribution >= 4 is 29.3 Å². The number of rotatable bonds is 4. The lowest BCUT2D eigenvalue weighted by Crippen LogP contribution is -2.24. The van der Waals surface area contributed by atoms with Crippen molar-refractivity contribution in [2.75, 3.05) is 5.73 Å². The van der Waals surface area contributed by atoms with Gasteiger partial charge < -0.3 is 10.8 Å². The number of carboxylic acids is 1. The van der Waals surface area contributed by atoms with E-state index in [9.17, 15) is 19.5 Å². The van der Waals surface area contributed by atoms with E-state index in [0.717, 1.165) is 11.1 Å². The van der Waals surface area contributed by atoms with E-state index in [1.165, 1.54) is 6.08 Å². The van der Waals surface area contributed by atoms with Crippen LogP contribution in [-0.4, -0.2) is 26.8 Å². The standard InChI is InChI=1S/C15H14N4O4/c1-8-2-4-9(5-3-8)6-7-10(14(21)22)17-12-11(16)13(20)19-15(23)18-12/h2-7H,16H2,1H3,(H,21,22)(H2,18,19,20,23)/b7-6+,17-10-. The van der Waals surface area contributed by atoms with Gasteiger partial charge in [-0.3, -0.25) is 14.8 Å². The first-order valence-electron chi connectivity index (χ1n) is 6.55. The molecule has 8 heteroatoms. The van der Waals surface area contributed by atoms with Crippen LogP contribution in [0.5, 0.6) is 0 Å². The van der Waals surface area contributed by atoms with E-state index in [-0.39, 0.29) is 17.2 Å². The maximum Gasteiger partial charge on any atom is 0.354 e. The molecule has 0 saturated heterocycles. The van der Waals surface area contributed by atoms with Crippen molar-refractivity contribution in [1.82, 2.24) is 9.97 Å². The number of nitrogens with one attached hydrogen (secondary N) is 2. The van der Waals surface area contributed by atoms with E-state index in [0.29, 0.717) is 0 Å². The first-order chi connectivity index (χ1) is 10.9. The van der Waals surface area contributed by atoms with Crippen LogP contribution in [0.4, 0.5) is 11.5 Å². The second-order valence-corrected chi connectivity index (χ2v) is 4.72. The maximum absolute atomic E-state index is 11.4. The summed E-state index contributed by atoms with van der Waals surface area (Å²) in [5.41, 5.74) is 4.93. The van der Waals surface area contributed by atoms with Gasteiger partial charge in [-0.05, 0) is 18.6 Å². The van der Waals surface area contributed by atoms with Crippen LogP contribution in [0, 0.1) is 6.92 Å². The first-order valence-corrected chi connectivity index (χ1v) is 6.55. The Hall–Kier alpha value is -3.42. The first kappa shape index (κ1) is 16.0. The van der Waals surface area contributed by atoms with Crippen LogP contribution in [0.1, 0.15) is 11.1 Å². The van der Waals surface area contributed by atoms with Crippen molar-refractivity contribution in [3.05, 3.63) is 62.3 Å². The average molecular weight is 314 g/mol. The highest BCUT2D eigenvalue weighted by molar-refractivity contribution is 6.41. The van der Waals surface area contributed by atoms with Crippen molar-refractivity contribution in [3.8, 4) is 0 Å². The zero-order valence-corrected chi connectivity index (χ0v) is 12.2. The number of H-pyrrole nitrogens is 2. The molecule has 23 heavy (non-hydrogen) atoms. The molecule has 0 aliphatic heterocycles. The lowest BCUT2D eigenvalue weighted by atomic mass is 10.1. The van der Waals surface area contributed by atoms with Gasteiger partial charge in [-0.25, -0.2) is 14.6 Å². The lowest BCUT2D eigenvalue weighted by Gasteiger charge is -2.00. The highest BCUT2D eigenvalue weighted by Gasteiger charge is 2.10. The summed E-state index contributed by atoms with van der Waals surface area (Å²) in [7, 11) is 0.